The van der Waals surface area contributed by atoms with Crippen LogP contribution in [-0.4, -0.2) is 60.4 Å². The molecule has 5 nitrogen and oxygen atoms in total. The highest BCUT2D eigenvalue weighted by Crippen LogP contribution is 2.38. The van der Waals surface area contributed by atoms with Crippen LogP contribution in [0.5, 0.6) is 0 Å². The van der Waals surface area contributed by atoms with Crippen LogP contribution in [0.2, 0.25) is 0 Å². The van der Waals surface area contributed by atoms with E-state index in [1.54, 1.807) is 12.1 Å². The summed E-state index contributed by atoms with van der Waals surface area (Å²) in [6, 6.07) is 15.9. The Morgan fingerprint density at radius 2 is 1.70 bits per heavy atom. The summed E-state index contributed by atoms with van der Waals surface area (Å²) >= 11 is 0. The van der Waals surface area contributed by atoms with Crippen LogP contribution in [0.25, 0.3) is 0 Å². The van der Waals surface area contributed by atoms with Gasteiger partial charge in [-0.3, -0.25) is 9.59 Å². The van der Waals surface area contributed by atoms with Gasteiger partial charge in [0.1, 0.15) is 11.4 Å². The van der Waals surface area contributed by atoms with Crippen LogP contribution in [0, 0.1) is 5.82 Å². The molecule has 2 aromatic rings. The van der Waals surface area contributed by atoms with Crippen molar-refractivity contribution in [2.24, 2.45) is 0 Å². The van der Waals surface area contributed by atoms with E-state index in [2.05, 4.69) is 21.9 Å². The smallest absolute Gasteiger partial charge is 0.249 e. The molecule has 30 heavy (non-hydrogen) atoms. The largest absolute Gasteiger partial charge is 0.339 e. The first-order valence-electron chi connectivity index (χ1n) is 10.6. The molecular weight excluding hydrogens is 380 g/mol. The van der Waals surface area contributed by atoms with Crippen molar-refractivity contribution in [2.45, 2.75) is 31.2 Å². The molecule has 0 saturated carbocycles. The molecule has 158 valence electrons. The Balaban J connectivity index is 1.33. The van der Waals surface area contributed by atoms with Gasteiger partial charge in [-0.1, -0.05) is 18.2 Å². The third-order valence-corrected chi connectivity index (χ3v) is 6.41. The van der Waals surface area contributed by atoms with E-state index >= 15 is 0 Å². The van der Waals surface area contributed by atoms with Gasteiger partial charge in [0.2, 0.25) is 5.91 Å². The number of halogens is 1. The fraction of sp³-hybridized carbons (Fsp3) is 0.417. The van der Waals surface area contributed by atoms with E-state index in [0.717, 1.165) is 44.6 Å². The number of hydrogen-bond donors (Lipinski definition) is 0. The Morgan fingerprint density at radius 1 is 1.03 bits per heavy atom. The zero-order chi connectivity index (χ0) is 21.1. The van der Waals surface area contributed by atoms with Crippen molar-refractivity contribution in [1.29, 1.82) is 0 Å². The van der Waals surface area contributed by atoms with Gasteiger partial charge in [0.05, 0.1) is 6.67 Å². The number of nitrogens with zero attached hydrogens (tertiary/aromatic N) is 3. The molecule has 2 fully saturated rings. The fourth-order valence-electron chi connectivity index (χ4n) is 4.69. The van der Waals surface area contributed by atoms with Crippen LogP contribution in [0.3, 0.4) is 0 Å². The Hall–Kier alpha value is -2.73. The Kier molecular flexibility index (Phi) is 5.86. The van der Waals surface area contributed by atoms with Gasteiger partial charge in [-0.05, 0) is 62.2 Å². The second-order valence-electron chi connectivity index (χ2n) is 8.31. The van der Waals surface area contributed by atoms with Crippen molar-refractivity contribution < 1.29 is 14.0 Å². The number of anilines is 1. The summed E-state index contributed by atoms with van der Waals surface area (Å²) in [5, 5.41) is 0. The highest BCUT2D eigenvalue weighted by molar-refractivity contribution is 5.96. The first kappa shape index (κ1) is 20.5. The van der Waals surface area contributed by atoms with Crippen molar-refractivity contribution in [3.05, 3.63) is 66.0 Å². The number of likely N-dealkylation sites (N-methyl/N-ethyl adjacent to an activating group) is 1. The second-order valence-corrected chi connectivity index (χ2v) is 8.31. The average Bonchev–Trinajstić information content (AvgIpc) is 3.01. The molecule has 1 amide bonds. The number of hydrogen-bond acceptors (Lipinski definition) is 4. The van der Waals surface area contributed by atoms with E-state index < -0.39 is 5.54 Å². The lowest BCUT2D eigenvalue weighted by atomic mass is 9.85. The number of para-hydroxylation sites is 1. The molecule has 0 aromatic heterocycles. The molecule has 0 bridgehead atoms. The molecule has 2 aromatic carbocycles. The third kappa shape index (κ3) is 3.97. The van der Waals surface area contributed by atoms with E-state index in [0.29, 0.717) is 18.7 Å². The summed E-state index contributed by atoms with van der Waals surface area (Å²) in [6.45, 7) is 3.13. The van der Waals surface area contributed by atoms with E-state index in [4.69, 9.17) is 0 Å². The highest BCUT2D eigenvalue weighted by atomic mass is 18.2. The number of Topliss-reactive ketones (excluding diaryl/α,β-unsaturated/α-hetero) is 1. The van der Waals surface area contributed by atoms with Crippen LogP contribution >= 0.6 is 0 Å². The molecule has 0 N–H and O–H groups in total. The lowest BCUT2D eigenvalue weighted by Gasteiger charge is -2.43. The molecule has 0 atom stereocenters. The maximum atomic E-state index is 13.1. The molecule has 2 aliphatic rings. The molecule has 2 saturated heterocycles. The molecule has 1 spiro atoms. The number of piperidine rings is 1. The number of carbonyl (C=O) groups is 2. The van der Waals surface area contributed by atoms with Crippen molar-refractivity contribution in [3.63, 3.8) is 0 Å². The van der Waals surface area contributed by atoms with Gasteiger partial charge < -0.3 is 14.7 Å². The van der Waals surface area contributed by atoms with Crippen molar-refractivity contribution in [1.82, 2.24) is 9.80 Å². The molecule has 4 rings (SSSR count). The number of ketones is 1. The Labute approximate surface area is 177 Å². The van der Waals surface area contributed by atoms with Crippen LogP contribution in [0.4, 0.5) is 10.1 Å². The monoisotopic (exact) mass is 408 g/mol. The lowest BCUT2D eigenvalue weighted by molar-refractivity contribution is -0.132. The number of benzene rings is 2. The number of carbonyl (C=O) groups excluding carboxylic acids is 2. The average molecular weight is 409 g/mol. The second kappa shape index (κ2) is 8.56. The van der Waals surface area contributed by atoms with E-state index in [-0.39, 0.29) is 17.5 Å². The Bertz CT molecular complexity index is 892. The van der Waals surface area contributed by atoms with Gasteiger partial charge in [0.15, 0.2) is 5.78 Å². The molecule has 0 radical (unpaired) electrons. The topological polar surface area (TPSA) is 43.9 Å². The zero-order valence-corrected chi connectivity index (χ0v) is 17.4. The van der Waals surface area contributed by atoms with Gasteiger partial charge in [-0.2, -0.15) is 0 Å². The fourth-order valence-corrected chi connectivity index (χ4v) is 4.69. The highest BCUT2D eigenvalue weighted by Gasteiger charge is 2.52. The predicted octanol–water partition coefficient (Wildman–Crippen LogP) is 3.56. The van der Waals surface area contributed by atoms with Crippen molar-refractivity contribution >= 4 is 17.4 Å². The van der Waals surface area contributed by atoms with E-state index in [1.165, 1.54) is 12.1 Å². The lowest BCUT2D eigenvalue weighted by Crippen LogP contribution is -2.56. The number of rotatable bonds is 6. The molecule has 6 heteroatoms. The summed E-state index contributed by atoms with van der Waals surface area (Å²) in [4.78, 5) is 31.8. The summed E-state index contributed by atoms with van der Waals surface area (Å²) < 4.78 is 13.0. The minimum absolute atomic E-state index is 0.0475. The van der Waals surface area contributed by atoms with Gasteiger partial charge in [0, 0.05) is 37.8 Å². The maximum absolute atomic E-state index is 13.1. The zero-order valence-electron chi connectivity index (χ0n) is 17.4. The molecule has 2 aliphatic heterocycles. The minimum atomic E-state index is -0.462. The molecule has 2 heterocycles. The quantitative estimate of drug-likeness (QED) is 0.686. The molecule has 0 aliphatic carbocycles. The SMILES string of the molecule is CN1CN(c2ccccc2)C2(CCN(CCCC(=O)c3ccc([18F])cc3)CC2)C1=O. The van der Waals surface area contributed by atoms with E-state index in [9.17, 15) is 14.0 Å². The van der Waals surface area contributed by atoms with Gasteiger partial charge in [-0.25, -0.2) is 4.39 Å². The van der Waals surface area contributed by atoms with Crippen LogP contribution < -0.4 is 4.90 Å². The van der Waals surface area contributed by atoms with Gasteiger partial charge in [0.25, 0.3) is 0 Å². The van der Waals surface area contributed by atoms with E-state index in [1.807, 2.05) is 30.1 Å². The maximum Gasteiger partial charge on any atom is 0.249 e. The summed E-state index contributed by atoms with van der Waals surface area (Å²) in [5.74, 6) is -0.0748. The Morgan fingerprint density at radius 3 is 2.37 bits per heavy atom. The normalized spacial score (nSPS) is 18.9. The van der Waals surface area contributed by atoms with Crippen molar-refractivity contribution in [3.8, 4) is 0 Å². The first-order valence-corrected chi connectivity index (χ1v) is 10.6. The van der Waals surface area contributed by atoms with Crippen LogP contribution in [0.15, 0.2) is 54.6 Å². The minimum Gasteiger partial charge on any atom is -0.339 e. The predicted molar refractivity (Wildman–Crippen MR) is 115 cm³/mol. The van der Waals surface area contributed by atoms with Crippen LogP contribution in [0.1, 0.15) is 36.0 Å². The summed E-state index contributed by atoms with van der Waals surface area (Å²) in [7, 11) is 1.88. The summed E-state index contributed by atoms with van der Waals surface area (Å²) in [5.41, 5.74) is 1.19. The summed E-state index contributed by atoms with van der Waals surface area (Å²) in [6.07, 6.45) is 2.79. The molecule has 0 unspecified atom stereocenters. The number of amides is 1. The van der Waals surface area contributed by atoms with Gasteiger partial charge in [-0.15, -0.1) is 0 Å². The third-order valence-electron chi connectivity index (χ3n) is 6.41. The van der Waals surface area contributed by atoms with Crippen LogP contribution in [-0.2, 0) is 4.79 Å². The van der Waals surface area contributed by atoms with Gasteiger partial charge >= 0.3 is 0 Å². The first-order chi connectivity index (χ1) is 14.5. The standard InChI is InChI=1S/C24H28FN3O2/c1-26-18-28(21-6-3-2-4-7-21)24(23(26)30)13-16-27(17-14-24)15-5-8-22(29)19-9-11-20(25)12-10-19/h2-4,6-7,9-12H,5,8,13-18H2,1H3/i25-1. The molecular formula is C24H28FN3O2. The number of likely N-dealkylation sites (tertiary alicyclic amines) is 1. The van der Waals surface area contributed by atoms with Crippen molar-refractivity contribution in [2.75, 3.05) is 38.3 Å².